The van der Waals surface area contributed by atoms with E-state index in [1.807, 2.05) is 39.0 Å². The predicted octanol–water partition coefficient (Wildman–Crippen LogP) is 3.85. The molecular formula is C17H20ClN3O2. The zero-order valence-electron chi connectivity index (χ0n) is 13.5. The van der Waals surface area contributed by atoms with Crippen molar-refractivity contribution in [2.45, 2.75) is 33.6 Å². The second-order valence-electron chi connectivity index (χ2n) is 5.38. The van der Waals surface area contributed by atoms with Crippen LogP contribution in [0.25, 0.3) is 0 Å². The van der Waals surface area contributed by atoms with E-state index in [9.17, 15) is 4.79 Å². The number of rotatable bonds is 6. The molecule has 1 aromatic heterocycles. The number of nitrogens with one attached hydrogen (secondary N) is 1. The minimum absolute atomic E-state index is 0.119. The van der Waals surface area contributed by atoms with Crippen molar-refractivity contribution in [3.8, 4) is 5.75 Å². The van der Waals surface area contributed by atoms with Crippen molar-refractivity contribution < 1.29 is 9.53 Å². The number of aromatic nitrogens is 2. The number of hydrogen-bond donors (Lipinski definition) is 1. The van der Waals surface area contributed by atoms with Gasteiger partial charge in [0.05, 0.1) is 6.61 Å². The first-order chi connectivity index (χ1) is 10.9. The molecule has 0 unspecified atom stereocenters. The number of carbonyl (C=O) groups is 1. The van der Waals surface area contributed by atoms with E-state index in [0.717, 1.165) is 22.7 Å². The maximum absolute atomic E-state index is 11.9. The Morgan fingerprint density at radius 1 is 1.17 bits per heavy atom. The molecule has 6 heteroatoms. The van der Waals surface area contributed by atoms with E-state index in [2.05, 4.69) is 15.3 Å². The number of anilines is 1. The van der Waals surface area contributed by atoms with Crippen LogP contribution in [0, 0.1) is 20.8 Å². The quantitative estimate of drug-likeness (QED) is 0.815. The van der Waals surface area contributed by atoms with Crippen LogP contribution in [0.3, 0.4) is 0 Å². The molecule has 1 aromatic carbocycles. The van der Waals surface area contributed by atoms with E-state index in [1.165, 1.54) is 0 Å². The second-order valence-corrected chi connectivity index (χ2v) is 5.82. The van der Waals surface area contributed by atoms with Crippen molar-refractivity contribution in [3.05, 3.63) is 46.2 Å². The highest BCUT2D eigenvalue weighted by atomic mass is 35.5. The summed E-state index contributed by atoms with van der Waals surface area (Å²) in [6.45, 7) is 6.13. The number of amides is 1. The third-order valence-electron chi connectivity index (χ3n) is 3.18. The Bertz CT molecular complexity index is 684. The van der Waals surface area contributed by atoms with E-state index in [-0.39, 0.29) is 5.91 Å². The van der Waals surface area contributed by atoms with E-state index in [0.29, 0.717) is 30.4 Å². The fourth-order valence-electron chi connectivity index (χ4n) is 2.16. The third-order valence-corrected chi connectivity index (χ3v) is 3.41. The number of ether oxygens (including phenoxy) is 1. The zero-order chi connectivity index (χ0) is 16.8. The molecule has 0 fully saturated rings. The Morgan fingerprint density at radius 3 is 2.52 bits per heavy atom. The highest BCUT2D eigenvalue weighted by Crippen LogP contribution is 2.21. The Morgan fingerprint density at radius 2 is 1.87 bits per heavy atom. The van der Waals surface area contributed by atoms with Crippen molar-refractivity contribution in [3.63, 3.8) is 0 Å². The molecule has 23 heavy (non-hydrogen) atoms. The molecule has 2 aromatic rings. The monoisotopic (exact) mass is 333 g/mol. The maximum Gasteiger partial charge on any atom is 0.229 e. The zero-order valence-corrected chi connectivity index (χ0v) is 14.3. The molecule has 0 aliphatic heterocycles. The van der Waals surface area contributed by atoms with Gasteiger partial charge in [-0.3, -0.25) is 10.1 Å². The molecule has 5 nitrogen and oxygen atoms in total. The molecule has 0 aliphatic rings. The number of benzene rings is 1. The number of halogens is 1. The lowest BCUT2D eigenvalue weighted by Crippen LogP contribution is -2.15. The average molecular weight is 334 g/mol. The summed E-state index contributed by atoms with van der Waals surface area (Å²) in [4.78, 5) is 20.3. The Kier molecular flexibility index (Phi) is 5.93. The minimum atomic E-state index is -0.119. The van der Waals surface area contributed by atoms with Crippen LogP contribution in [0.5, 0.6) is 5.75 Å². The van der Waals surface area contributed by atoms with E-state index < -0.39 is 0 Å². The molecule has 0 spiro atoms. The molecule has 0 saturated carbocycles. The van der Waals surface area contributed by atoms with Crippen LogP contribution in [-0.2, 0) is 4.79 Å². The molecule has 1 amide bonds. The van der Waals surface area contributed by atoms with Crippen molar-refractivity contribution in [2.75, 3.05) is 11.9 Å². The lowest BCUT2D eigenvalue weighted by atomic mass is 10.2. The topological polar surface area (TPSA) is 64.1 Å². The Balaban J connectivity index is 1.76. The van der Waals surface area contributed by atoms with E-state index in [4.69, 9.17) is 16.3 Å². The smallest absolute Gasteiger partial charge is 0.229 e. The van der Waals surface area contributed by atoms with Crippen LogP contribution in [0.4, 0.5) is 5.95 Å². The van der Waals surface area contributed by atoms with Crippen LogP contribution in [0.15, 0.2) is 24.3 Å². The molecule has 0 aliphatic carbocycles. The lowest BCUT2D eigenvalue weighted by molar-refractivity contribution is -0.116. The maximum atomic E-state index is 11.9. The van der Waals surface area contributed by atoms with Crippen LogP contribution >= 0.6 is 11.6 Å². The van der Waals surface area contributed by atoms with Gasteiger partial charge in [0.25, 0.3) is 0 Å². The van der Waals surface area contributed by atoms with Crippen LogP contribution in [0.1, 0.15) is 29.8 Å². The minimum Gasteiger partial charge on any atom is -0.493 e. The van der Waals surface area contributed by atoms with Crippen molar-refractivity contribution in [1.82, 2.24) is 9.97 Å². The Labute approximate surface area is 141 Å². The van der Waals surface area contributed by atoms with Gasteiger partial charge in [-0.2, -0.15) is 0 Å². The summed E-state index contributed by atoms with van der Waals surface area (Å²) < 4.78 is 5.66. The van der Waals surface area contributed by atoms with Crippen molar-refractivity contribution >= 4 is 23.5 Å². The van der Waals surface area contributed by atoms with Gasteiger partial charge in [0.15, 0.2) is 0 Å². The van der Waals surface area contributed by atoms with Gasteiger partial charge in [-0.15, -0.1) is 0 Å². The molecule has 122 valence electrons. The largest absolute Gasteiger partial charge is 0.493 e. The predicted molar refractivity (Wildman–Crippen MR) is 91.1 cm³/mol. The van der Waals surface area contributed by atoms with Crippen molar-refractivity contribution in [2.24, 2.45) is 0 Å². The molecule has 0 bridgehead atoms. The summed E-state index contributed by atoms with van der Waals surface area (Å²) in [5, 5.41) is 3.39. The fourth-order valence-corrected chi connectivity index (χ4v) is 2.39. The number of aryl methyl sites for hydroxylation is 3. The van der Waals surface area contributed by atoms with Gasteiger partial charge in [-0.1, -0.05) is 11.6 Å². The first kappa shape index (κ1) is 17.2. The second kappa shape index (κ2) is 7.92. The third kappa shape index (κ3) is 5.53. The van der Waals surface area contributed by atoms with Gasteiger partial charge in [-0.25, -0.2) is 9.97 Å². The highest BCUT2D eigenvalue weighted by molar-refractivity contribution is 6.30. The summed E-state index contributed by atoms with van der Waals surface area (Å²) in [5.41, 5.74) is 2.63. The summed E-state index contributed by atoms with van der Waals surface area (Å²) in [6, 6.07) is 7.33. The first-order valence-corrected chi connectivity index (χ1v) is 7.83. The molecule has 2 rings (SSSR count). The highest BCUT2D eigenvalue weighted by Gasteiger charge is 2.06. The first-order valence-electron chi connectivity index (χ1n) is 7.45. The normalized spacial score (nSPS) is 10.4. The van der Waals surface area contributed by atoms with Gasteiger partial charge in [0.1, 0.15) is 5.75 Å². The lowest BCUT2D eigenvalue weighted by Gasteiger charge is -2.09. The Hall–Kier alpha value is -2.14. The number of carbonyl (C=O) groups excluding carboxylic acids is 1. The number of hydrogen-bond acceptors (Lipinski definition) is 4. The fraction of sp³-hybridized carbons (Fsp3) is 0.353. The SMILES string of the molecule is Cc1cc(C)nc(NC(=O)CCCOc2ccc(Cl)cc2C)n1. The van der Waals surface area contributed by atoms with Crippen LogP contribution in [0.2, 0.25) is 5.02 Å². The molecule has 0 saturated heterocycles. The van der Waals surface area contributed by atoms with Gasteiger partial charge in [-0.05, 0) is 57.0 Å². The van der Waals surface area contributed by atoms with E-state index >= 15 is 0 Å². The standard InChI is InChI=1S/C17H20ClN3O2/c1-11-9-14(18)6-7-15(11)23-8-4-5-16(22)21-17-19-12(2)10-13(3)20-17/h6-7,9-10H,4-5,8H2,1-3H3,(H,19,20,21,22). The molecule has 1 heterocycles. The van der Waals surface area contributed by atoms with E-state index in [1.54, 1.807) is 6.07 Å². The van der Waals surface area contributed by atoms with Gasteiger partial charge in [0.2, 0.25) is 11.9 Å². The summed E-state index contributed by atoms with van der Waals surface area (Å²) in [6.07, 6.45) is 0.960. The molecular weight excluding hydrogens is 314 g/mol. The molecule has 1 N–H and O–H groups in total. The number of nitrogens with zero attached hydrogens (tertiary/aromatic N) is 2. The average Bonchev–Trinajstić information content (AvgIpc) is 2.44. The van der Waals surface area contributed by atoms with Gasteiger partial charge in [0, 0.05) is 22.8 Å². The molecule has 0 radical (unpaired) electrons. The summed E-state index contributed by atoms with van der Waals surface area (Å²) in [7, 11) is 0. The van der Waals surface area contributed by atoms with Gasteiger partial charge >= 0.3 is 0 Å². The summed E-state index contributed by atoms with van der Waals surface area (Å²) >= 11 is 5.90. The van der Waals surface area contributed by atoms with Gasteiger partial charge < -0.3 is 4.74 Å². The van der Waals surface area contributed by atoms with Crippen LogP contribution in [-0.4, -0.2) is 22.5 Å². The molecule has 0 atom stereocenters. The van der Waals surface area contributed by atoms with Crippen LogP contribution < -0.4 is 10.1 Å². The summed E-state index contributed by atoms with van der Waals surface area (Å²) in [5.74, 6) is 1.01. The van der Waals surface area contributed by atoms with Crippen molar-refractivity contribution in [1.29, 1.82) is 0 Å².